The second-order valence-electron chi connectivity index (χ2n) is 7.97. The first-order valence-corrected chi connectivity index (χ1v) is 12.1. The largest absolute Gasteiger partial charge is 0.497 e. The summed E-state index contributed by atoms with van der Waals surface area (Å²) in [6, 6.07) is 20.3. The average Bonchev–Trinajstić information content (AvgIpc) is 3.10. The molecule has 1 aliphatic rings. The average molecular weight is 505 g/mol. The Morgan fingerprint density at radius 2 is 1.74 bits per heavy atom. The van der Waals surface area contributed by atoms with Crippen LogP contribution in [0.15, 0.2) is 71.6 Å². The van der Waals surface area contributed by atoms with Crippen LogP contribution >= 0.6 is 24.0 Å². The number of methoxy groups -OCH3 is 1. The van der Waals surface area contributed by atoms with Crippen LogP contribution in [-0.2, 0) is 9.59 Å². The molecule has 0 unspecified atom stereocenters. The number of hydrogen-bond donors (Lipinski definition) is 1. The van der Waals surface area contributed by atoms with Crippen molar-refractivity contribution < 1.29 is 19.1 Å². The Kier molecular flexibility index (Phi) is 7.53. The lowest BCUT2D eigenvalue weighted by Gasteiger charge is -2.14. The molecule has 0 aliphatic carbocycles. The molecular weight excluding hydrogens is 480 g/mol. The smallest absolute Gasteiger partial charge is 0.270 e. The Morgan fingerprint density at radius 3 is 2.43 bits per heavy atom. The minimum Gasteiger partial charge on any atom is -0.497 e. The molecule has 8 heteroatoms. The van der Waals surface area contributed by atoms with Crippen LogP contribution in [0.4, 0.5) is 11.4 Å². The quantitative estimate of drug-likeness (QED) is 0.327. The molecule has 2 amide bonds. The van der Waals surface area contributed by atoms with Crippen LogP contribution in [0.1, 0.15) is 16.7 Å². The van der Waals surface area contributed by atoms with Crippen molar-refractivity contribution >= 4 is 57.6 Å². The molecule has 0 bridgehead atoms. The van der Waals surface area contributed by atoms with Crippen LogP contribution in [0, 0.1) is 13.8 Å². The van der Waals surface area contributed by atoms with Crippen molar-refractivity contribution in [2.45, 2.75) is 13.8 Å². The third-order valence-corrected chi connectivity index (χ3v) is 6.50. The van der Waals surface area contributed by atoms with Crippen LogP contribution < -0.4 is 19.7 Å². The summed E-state index contributed by atoms with van der Waals surface area (Å²) in [6.07, 6.45) is 1.74. The zero-order valence-electron chi connectivity index (χ0n) is 19.5. The second-order valence-corrected chi connectivity index (χ2v) is 9.64. The fraction of sp³-hybridized carbons (Fsp3) is 0.148. The minimum absolute atomic E-state index is 0.162. The number of carbonyl (C=O) groups is 2. The first-order chi connectivity index (χ1) is 16.8. The highest BCUT2D eigenvalue weighted by Gasteiger charge is 2.33. The molecule has 1 saturated heterocycles. The highest BCUT2D eigenvalue weighted by atomic mass is 32.2. The molecule has 3 aromatic carbocycles. The molecule has 0 radical (unpaired) electrons. The molecule has 1 heterocycles. The Bertz CT molecular complexity index is 1300. The fourth-order valence-corrected chi connectivity index (χ4v) is 4.97. The zero-order valence-corrected chi connectivity index (χ0v) is 21.2. The van der Waals surface area contributed by atoms with E-state index in [1.165, 1.54) is 16.7 Å². The van der Waals surface area contributed by atoms with Gasteiger partial charge in [-0.05, 0) is 73.5 Å². The Balaban J connectivity index is 1.47. The van der Waals surface area contributed by atoms with Crippen molar-refractivity contribution in [1.29, 1.82) is 0 Å². The summed E-state index contributed by atoms with van der Waals surface area (Å²) in [5.74, 6) is 0.711. The predicted octanol–water partition coefficient (Wildman–Crippen LogP) is 5.74. The van der Waals surface area contributed by atoms with E-state index in [1.54, 1.807) is 43.5 Å². The zero-order chi connectivity index (χ0) is 24.9. The van der Waals surface area contributed by atoms with Crippen molar-refractivity contribution in [2.75, 3.05) is 23.9 Å². The standard InChI is InChI=1S/C27H24N2O4S2/c1-17-12-18(2)14-20(13-17)28-25(30)16-33-23-7-5-4-6-19(23)15-24-26(31)29(27(34)35-24)21-8-10-22(32-3)11-9-21/h4-15H,16H2,1-3H3,(H,28,30)/b24-15-. The van der Waals surface area contributed by atoms with Crippen LogP contribution in [0.3, 0.4) is 0 Å². The molecule has 6 nitrogen and oxygen atoms in total. The van der Waals surface area contributed by atoms with Gasteiger partial charge in [0.2, 0.25) is 0 Å². The third-order valence-electron chi connectivity index (χ3n) is 5.19. The van der Waals surface area contributed by atoms with Crippen LogP contribution in [-0.4, -0.2) is 29.9 Å². The fourth-order valence-electron chi connectivity index (χ4n) is 3.68. The maximum absolute atomic E-state index is 13.1. The van der Waals surface area contributed by atoms with E-state index in [-0.39, 0.29) is 18.4 Å². The van der Waals surface area contributed by atoms with Gasteiger partial charge in [-0.25, -0.2) is 0 Å². The maximum atomic E-state index is 13.1. The molecular formula is C27H24N2O4S2. The van der Waals surface area contributed by atoms with E-state index >= 15 is 0 Å². The molecule has 1 aliphatic heterocycles. The third kappa shape index (κ3) is 5.90. The van der Waals surface area contributed by atoms with E-state index in [1.807, 2.05) is 50.2 Å². The lowest BCUT2D eigenvalue weighted by molar-refractivity contribution is -0.118. The van der Waals surface area contributed by atoms with Gasteiger partial charge >= 0.3 is 0 Å². The lowest BCUT2D eigenvalue weighted by atomic mass is 10.1. The van der Waals surface area contributed by atoms with Gasteiger partial charge in [-0.15, -0.1) is 0 Å². The number of amides is 2. The minimum atomic E-state index is -0.268. The van der Waals surface area contributed by atoms with Crippen LogP contribution in [0.2, 0.25) is 0 Å². The van der Waals surface area contributed by atoms with E-state index in [0.29, 0.717) is 32.0 Å². The van der Waals surface area contributed by atoms with Crippen molar-refractivity contribution in [1.82, 2.24) is 0 Å². The molecule has 178 valence electrons. The Labute approximate surface area is 213 Å². The SMILES string of the molecule is COc1ccc(N2C(=O)/C(=C/c3ccccc3OCC(=O)Nc3cc(C)cc(C)c3)SC2=S)cc1. The normalized spacial score (nSPS) is 14.4. The first-order valence-electron chi connectivity index (χ1n) is 10.9. The van der Waals surface area contributed by atoms with Crippen molar-refractivity contribution in [2.24, 2.45) is 0 Å². The van der Waals surface area contributed by atoms with Gasteiger partial charge in [0.15, 0.2) is 10.9 Å². The van der Waals surface area contributed by atoms with Gasteiger partial charge in [0.05, 0.1) is 17.7 Å². The molecule has 0 atom stereocenters. The lowest BCUT2D eigenvalue weighted by Crippen LogP contribution is -2.27. The first kappa shape index (κ1) is 24.5. The van der Waals surface area contributed by atoms with Gasteiger partial charge in [-0.1, -0.05) is 48.2 Å². The van der Waals surface area contributed by atoms with Gasteiger partial charge in [0, 0.05) is 11.3 Å². The second kappa shape index (κ2) is 10.8. The summed E-state index contributed by atoms with van der Waals surface area (Å²) >= 11 is 6.69. The number of thioether (sulfide) groups is 1. The number of carbonyl (C=O) groups excluding carboxylic acids is 2. The summed E-state index contributed by atoms with van der Waals surface area (Å²) in [5.41, 5.74) is 4.22. The van der Waals surface area contributed by atoms with Crippen LogP contribution in [0.5, 0.6) is 11.5 Å². The topological polar surface area (TPSA) is 67.9 Å². The van der Waals surface area contributed by atoms with Gasteiger partial charge in [0.25, 0.3) is 11.8 Å². The molecule has 0 spiro atoms. The highest BCUT2D eigenvalue weighted by molar-refractivity contribution is 8.27. The summed E-state index contributed by atoms with van der Waals surface area (Å²) in [5, 5.41) is 2.86. The summed E-state index contributed by atoms with van der Waals surface area (Å²) in [7, 11) is 1.59. The molecule has 3 aromatic rings. The van der Waals surface area contributed by atoms with E-state index < -0.39 is 0 Å². The van der Waals surface area contributed by atoms with E-state index in [4.69, 9.17) is 21.7 Å². The molecule has 1 fully saturated rings. The van der Waals surface area contributed by atoms with Gasteiger partial charge in [-0.2, -0.15) is 0 Å². The Hall–Kier alpha value is -3.62. The number of aryl methyl sites for hydroxylation is 2. The molecule has 1 N–H and O–H groups in total. The molecule has 35 heavy (non-hydrogen) atoms. The number of anilines is 2. The number of nitrogens with zero attached hydrogens (tertiary/aromatic N) is 1. The number of rotatable bonds is 7. The van der Waals surface area contributed by atoms with Gasteiger partial charge in [-0.3, -0.25) is 14.5 Å². The van der Waals surface area contributed by atoms with Gasteiger partial charge in [0.1, 0.15) is 11.5 Å². The van der Waals surface area contributed by atoms with Crippen LogP contribution in [0.25, 0.3) is 6.08 Å². The van der Waals surface area contributed by atoms with Gasteiger partial charge < -0.3 is 14.8 Å². The van der Waals surface area contributed by atoms with E-state index in [0.717, 1.165) is 16.8 Å². The van der Waals surface area contributed by atoms with Crippen molar-refractivity contribution in [3.8, 4) is 11.5 Å². The number of hydrogen-bond acceptors (Lipinski definition) is 6. The van der Waals surface area contributed by atoms with Crippen molar-refractivity contribution in [3.63, 3.8) is 0 Å². The van der Waals surface area contributed by atoms with E-state index in [9.17, 15) is 9.59 Å². The number of nitrogens with one attached hydrogen (secondary N) is 1. The molecule has 0 aromatic heterocycles. The number of thiocarbonyl (C=S) groups is 1. The monoisotopic (exact) mass is 504 g/mol. The summed E-state index contributed by atoms with van der Waals surface area (Å²) in [6.45, 7) is 3.80. The number of para-hydroxylation sites is 1. The maximum Gasteiger partial charge on any atom is 0.270 e. The number of benzene rings is 3. The van der Waals surface area contributed by atoms with Crippen molar-refractivity contribution in [3.05, 3.63) is 88.3 Å². The summed E-state index contributed by atoms with van der Waals surface area (Å²) < 4.78 is 11.4. The molecule has 4 rings (SSSR count). The molecule has 0 saturated carbocycles. The predicted molar refractivity (Wildman–Crippen MR) is 145 cm³/mol. The summed E-state index contributed by atoms with van der Waals surface area (Å²) in [4.78, 5) is 27.6. The highest BCUT2D eigenvalue weighted by Crippen LogP contribution is 2.37. The number of ether oxygens (including phenoxy) is 2. The Morgan fingerprint density at radius 1 is 1.06 bits per heavy atom. The van der Waals surface area contributed by atoms with E-state index in [2.05, 4.69) is 5.32 Å².